The first-order valence-electron chi connectivity index (χ1n) is 44.8. The van der Waals surface area contributed by atoms with E-state index in [-0.39, 0.29) is 48.6 Å². The molecule has 8 rings (SSSR count). The van der Waals surface area contributed by atoms with E-state index in [2.05, 4.69) is 270 Å². The molecular formula is C86H191F4N7O3Si8. The summed E-state index contributed by atoms with van der Waals surface area (Å²) in [5.41, 5.74) is 0. The lowest BCUT2D eigenvalue weighted by Crippen LogP contribution is -2.53. The monoisotopic (exact) mass is 1670 g/mol. The quantitative estimate of drug-likeness (QED) is 0.0754. The number of hydrogen-bond donors (Lipinski definition) is 0. The molecule has 108 heavy (non-hydrogen) atoms. The molecule has 8 heterocycles. The molecule has 0 amide bonds. The van der Waals surface area contributed by atoms with E-state index in [1.807, 2.05) is 65.2 Å². The Balaban J connectivity index is 0.000000617. The molecule has 8 aliphatic rings. The molecule has 22 heteroatoms. The van der Waals surface area contributed by atoms with E-state index in [0.717, 1.165) is 78.6 Å². The highest BCUT2D eigenvalue weighted by molar-refractivity contribution is 6.81. The molecule has 8 saturated heterocycles. The molecule has 9 unspecified atom stereocenters. The highest BCUT2D eigenvalue weighted by Gasteiger charge is 2.53. The van der Waals surface area contributed by atoms with E-state index in [1.54, 1.807) is 6.04 Å². The Hall–Kier alpha value is 1.06. The minimum absolute atomic E-state index is 0.0769. The van der Waals surface area contributed by atoms with E-state index < -0.39 is 66.7 Å². The van der Waals surface area contributed by atoms with E-state index in [9.17, 15) is 16.4 Å². The minimum Gasteiger partial charge on any atom is -0.400 e. The van der Waals surface area contributed by atoms with Crippen LogP contribution in [0.25, 0.3) is 0 Å². The summed E-state index contributed by atoms with van der Waals surface area (Å²) in [6.07, 6.45) is 6.38. The first-order chi connectivity index (χ1) is 48.8. The average molecular weight is 1670 g/mol. The summed E-state index contributed by atoms with van der Waals surface area (Å²) in [7, 11) is -14.4. The average Bonchev–Trinajstić information content (AvgIpc) is 1.76. The van der Waals surface area contributed by atoms with Crippen LogP contribution in [-0.4, -0.2) is 242 Å². The SMILES string of the molecule is CC(C)C1CO[Si](C)(C)OC1C(C)C.CC(C)C1C[Si](C)(C)CCN1C(C)C.CC(C)C1C[Si](C)(C)CN1C(C)C.CC(C)C1C[Si](C)(C)CN1C(C)C.CC(C)C1C[Si](F)(F)CN1C(C)C.CC(C)C1C[Si](F)(F)CN1C(C)C.CC(C)C1O[Si](C)(C)CN1C(C)C.CC[Si]1(CC)CC(C(C)C)N(C(C)C)C1. The molecule has 10 nitrogen and oxygen atoms in total. The van der Waals surface area contributed by atoms with Crippen LogP contribution in [0.3, 0.4) is 0 Å². The highest BCUT2D eigenvalue weighted by Crippen LogP contribution is 2.41. The van der Waals surface area contributed by atoms with E-state index in [4.69, 9.17) is 13.3 Å². The van der Waals surface area contributed by atoms with Crippen molar-refractivity contribution in [1.82, 2.24) is 34.3 Å². The third-order valence-corrected chi connectivity index (χ3v) is 47.1. The van der Waals surface area contributed by atoms with Crippen LogP contribution in [0.1, 0.15) is 235 Å². The normalized spacial score (nSPS) is 29.2. The van der Waals surface area contributed by atoms with Gasteiger partial charge in [0.05, 0.1) is 50.7 Å². The van der Waals surface area contributed by atoms with Crippen molar-refractivity contribution in [3.8, 4) is 0 Å². The predicted octanol–water partition coefficient (Wildman–Crippen LogP) is 24.0. The van der Waals surface area contributed by atoms with Crippen molar-refractivity contribution < 1.29 is 29.7 Å². The second-order valence-electron chi connectivity index (χ2n) is 44.1. The van der Waals surface area contributed by atoms with Crippen LogP contribution in [0.2, 0.25) is 120 Å². The van der Waals surface area contributed by atoms with E-state index in [0.29, 0.717) is 53.9 Å². The maximum atomic E-state index is 13.3. The third kappa shape index (κ3) is 35.2. The Kier molecular flexibility index (Phi) is 45.1. The molecule has 648 valence electrons. The van der Waals surface area contributed by atoms with Crippen LogP contribution >= 0.6 is 0 Å². The predicted molar refractivity (Wildman–Crippen MR) is 492 cm³/mol. The fourth-order valence-electron chi connectivity index (χ4n) is 18.9. The van der Waals surface area contributed by atoms with Gasteiger partial charge in [-0.2, -0.15) is 0 Å². The standard InChI is InChI=1S/C13H29NSi.C12H27NSi.2C11H25NSi.C11H24O2Si.C10H23NOSi.2C9H19F2NSi/c1-7-15(8-2)9-13(11(3)4)14(10-15)12(5)6;1-10(2)12-9-14(5,6)8-7-13(12)11(3)4;2*1-9(2)11-7-13(5,6)8-12(11)10(3)4;1-8(2)10-7-12-14(5,6)13-11(10)9(3)4;1-8(2)10-11(9(3)4)7-13(5,6)12-10;2*1-7(2)9-5-13(10,11)6-12(9)8(3)4/h11-13H,7-10H2,1-6H3;10-12H,7-9H2,1-6H3;2*9-11H,7-8H2,1-6H3;8-11H,7H2,1-6H3;8-10H,7H2,1-6H3;2*7-9H,5-6H2,1-4H3. The Morgan fingerprint density at radius 2 is 0.602 bits per heavy atom. The number of nitrogens with zero attached hydrogens (tertiary/aromatic N) is 7. The van der Waals surface area contributed by atoms with Gasteiger partial charge in [0.25, 0.3) is 0 Å². The van der Waals surface area contributed by atoms with Crippen molar-refractivity contribution in [2.45, 2.75) is 446 Å². The summed E-state index contributed by atoms with van der Waals surface area (Å²) in [4.78, 5) is 17.5. The zero-order valence-electron chi connectivity index (χ0n) is 80.3. The summed E-state index contributed by atoms with van der Waals surface area (Å²) in [5.74, 6) is 6.43. The van der Waals surface area contributed by atoms with Crippen LogP contribution in [-0.2, 0) is 13.3 Å². The van der Waals surface area contributed by atoms with Crippen molar-refractivity contribution in [2.24, 2.45) is 59.2 Å². The molecule has 8 fully saturated rings. The Morgan fingerprint density at radius 1 is 0.306 bits per heavy atom. The number of hydrogen-bond acceptors (Lipinski definition) is 10. The minimum atomic E-state index is -3.87. The Bertz CT molecular complexity index is 2090. The molecule has 0 bridgehead atoms. The van der Waals surface area contributed by atoms with Gasteiger partial charge in [0, 0.05) is 109 Å². The van der Waals surface area contributed by atoms with Gasteiger partial charge in [-0.15, -0.1) is 0 Å². The topological polar surface area (TPSA) is 50.4 Å². The van der Waals surface area contributed by atoms with Gasteiger partial charge in [0.2, 0.25) is 8.32 Å². The van der Waals surface area contributed by atoms with Gasteiger partial charge in [0.15, 0.2) is 0 Å². The zero-order chi connectivity index (χ0) is 84.6. The van der Waals surface area contributed by atoms with Crippen molar-refractivity contribution in [3.63, 3.8) is 0 Å². The smallest absolute Gasteiger partial charge is 0.400 e. The number of rotatable bonds is 18. The summed E-state index contributed by atoms with van der Waals surface area (Å²) < 4.78 is 71.2. The van der Waals surface area contributed by atoms with E-state index in [1.165, 1.54) is 67.5 Å². The summed E-state index contributed by atoms with van der Waals surface area (Å²) in [6, 6.07) is 18.6. The van der Waals surface area contributed by atoms with Gasteiger partial charge >= 0.3 is 26.0 Å². The lowest BCUT2D eigenvalue weighted by Gasteiger charge is -2.46. The van der Waals surface area contributed by atoms with E-state index >= 15 is 0 Å². The van der Waals surface area contributed by atoms with Gasteiger partial charge in [0.1, 0.15) is 6.23 Å². The van der Waals surface area contributed by atoms with Crippen LogP contribution in [0.4, 0.5) is 16.4 Å². The molecule has 0 aromatic rings. The second-order valence-corrected chi connectivity index (χ2v) is 76.9. The summed E-state index contributed by atoms with van der Waals surface area (Å²) in [6.45, 7) is 103. The van der Waals surface area contributed by atoms with Crippen LogP contribution in [0.5, 0.6) is 0 Å². The van der Waals surface area contributed by atoms with Gasteiger partial charge in [-0.1, -0.05) is 190 Å². The fourth-order valence-corrected chi connectivity index (χ4v) is 43.0. The number of halogens is 4. The Morgan fingerprint density at radius 3 is 0.861 bits per heavy atom. The molecule has 0 N–H and O–H groups in total. The van der Waals surface area contributed by atoms with Gasteiger partial charge in [-0.25, -0.2) is 0 Å². The second kappa shape index (κ2) is 45.5. The molecule has 0 aromatic heterocycles. The lowest BCUT2D eigenvalue weighted by atomic mass is 9.85. The molecule has 0 aromatic carbocycles. The lowest BCUT2D eigenvalue weighted by molar-refractivity contribution is -0.0404. The summed E-state index contributed by atoms with van der Waals surface area (Å²) >= 11 is 0. The maximum Gasteiger partial charge on any atom is 0.439 e. The van der Waals surface area contributed by atoms with Gasteiger partial charge < -0.3 is 28.0 Å². The van der Waals surface area contributed by atoms with Crippen LogP contribution in [0.15, 0.2) is 0 Å². The van der Waals surface area contributed by atoms with Crippen LogP contribution in [0, 0.1) is 59.2 Å². The maximum absolute atomic E-state index is 13.3. The van der Waals surface area contributed by atoms with Crippen molar-refractivity contribution in [3.05, 3.63) is 0 Å². The Labute approximate surface area is 681 Å². The fraction of sp³-hybridized carbons (Fsp3) is 1.00. The van der Waals surface area contributed by atoms with Gasteiger partial charge in [-0.05, 0) is 232 Å². The third-order valence-electron chi connectivity index (χ3n) is 25.8. The van der Waals surface area contributed by atoms with Crippen molar-refractivity contribution >= 4 is 66.7 Å². The molecular weight excluding hydrogens is 1480 g/mol. The summed E-state index contributed by atoms with van der Waals surface area (Å²) in [5, 5.41) is 0. The molecule has 0 spiro atoms. The molecule has 9 atom stereocenters. The highest BCUT2D eigenvalue weighted by atomic mass is 28.4. The van der Waals surface area contributed by atoms with Crippen molar-refractivity contribution in [2.75, 3.05) is 50.2 Å². The van der Waals surface area contributed by atoms with Crippen LogP contribution < -0.4 is 0 Å². The van der Waals surface area contributed by atoms with Gasteiger partial charge in [-0.3, -0.25) is 36.0 Å². The molecule has 8 aliphatic heterocycles. The molecule has 0 radical (unpaired) electrons. The first-order valence-corrected chi connectivity index (χ1v) is 68.2. The molecule has 0 aliphatic carbocycles. The zero-order valence-corrected chi connectivity index (χ0v) is 88.3. The van der Waals surface area contributed by atoms with Crippen molar-refractivity contribution in [1.29, 1.82) is 0 Å². The largest absolute Gasteiger partial charge is 0.439 e. The molecule has 0 saturated carbocycles. The first kappa shape index (κ1) is 107.